The lowest BCUT2D eigenvalue weighted by atomic mass is 9.78. The molecule has 0 amide bonds. The van der Waals surface area contributed by atoms with Crippen LogP contribution >= 0.6 is 8.86 Å². The molecule has 1 saturated carbocycles. The fourth-order valence-electron chi connectivity index (χ4n) is 4.60. The van der Waals surface area contributed by atoms with Crippen molar-refractivity contribution in [1.29, 1.82) is 0 Å². The lowest BCUT2D eigenvalue weighted by Gasteiger charge is -2.27. The van der Waals surface area contributed by atoms with Gasteiger partial charge in [-0.3, -0.25) is 0 Å². The minimum atomic E-state index is -0.0901. The number of allylic oxidation sites excluding steroid dienone is 5. The van der Waals surface area contributed by atoms with E-state index < -0.39 is 0 Å². The van der Waals surface area contributed by atoms with E-state index in [2.05, 4.69) is 52.6 Å². The lowest BCUT2D eigenvalue weighted by Crippen LogP contribution is -2.16. The molecule has 156 valence electrons. The molecule has 4 rings (SSSR count). The highest BCUT2D eigenvalue weighted by Gasteiger charge is 2.30. The third-order valence-electron chi connectivity index (χ3n) is 6.38. The quantitative estimate of drug-likeness (QED) is 0.229. The van der Waals surface area contributed by atoms with Crippen LogP contribution < -0.4 is 0 Å². The molecule has 0 spiro atoms. The van der Waals surface area contributed by atoms with Crippen LogP contribution in [0.15, 0.2) is 78.7 Å². The first-order valence-corrected chi connectivity index (χ1v) is 11.4. The molecule has 0 nitrogen and oxygen atoms in total. The van der Waals surface area contributed by atoms with Gasteiger partial charge in [0, 0.05) is 23.5 Å². The topological polar surface area (TPSA) is 0 Å². The normalized spacial score (nSPS) is 17.6. The van der Waals surface area contributed by atoms with Gasteiger partial charge in [0.15, 0.2) is 0 Å². The second-order valence-corrected chi connectivity index (χ2v) is 9.59. The van der Waals surface area contributed by atoms with Gasteiger partial charge in [0.05, 0.1) is 0 Å². The summed E-state index contributed by atoms with van der Waals surface area (Å²) in [7, 11) is 3.71. The van der Waals surface area contributed by atoms with Crippen LogP contribution in [0.2, 0.25) is 0 Å². The van der Waals surface area contributed by atoms with Gasteiger partial charge in [0.2, 0.25) is 0 Å². The van der Waals surface area contributed by atoms with E-state index in [0.717, 1.165) is 34.3 Å². The molecule has 31 heavy (non-hydrogen) atoms. The molecule has 1 fully saturated rings. The van der Waals surface area contributed by atoms with Crippen LogP contribution in [0, 0.1) is 18.3 Å². The highest BCUT2D eigenvalue weighted by atomic mass is 31.0. The van der Waals surface area contributed by atoms with E-state index in [0.29, 0.717) is 12.0 Å². The Morgan fingerprint density at radius 2 is 2.00 bits per heavy atom. The number of terminal acetylenes is 1. The molecule has 2 heteroatoms. The van der Waals surface area contributed by atoms with E-state index in [1.165, 1.54) is 24.0 Å². The number of hydrogen-bond donors (Lipinski definition) is 0. The van der Waals surface area contributed by atoms with Crippen LogP contribution in [0.1, 0.15) is 66.7 Å². The van der Waals surface area contributed by atoms with Crippen molar-refractivity contribution in [1.82, 2.24) is 0 Å². The van der Waals surface area contributed by atoms with Crippen LogP contribution in [0.5, 0.6) is 0 Å². The van der Waals surface area contributed by atoms with Crippen molar-refractivity contribution in [3.63, 3.8) is 0 Å². The largest absolute Gasteiger partial charge is 0.211 e. The van der Waals surface area contributed by atoms with E-state index in [4.69, 9.17) is 6.42 Å². The summed E-state index contributed by atoms with van der Waals surface area (Å²) in [5.74, 6) is 3.55. The molecule has 2 unspecified atom stereocenters. The Kier molecular flexibility index (Phi) is 6.41. The van der Waals surface area contributed by atoms with Crippen molar-refractivity contribution in [2.45, 2.75) is 44.4 Å². The molecule has 0 aromatic heterocycles. The molecule has 2 atom stereocenters. The number of rotatable bonds is 8. The highest BCUT2D eigenvalue weighted by Crippen LogP contribution is 2.44. The zero-order valence-corrected chi connectivity index (χ0v) is 19.0. The van der Waals surface area contributed by atoms with Gasteiger partial charge in [-0.15, -0.1) is 21.9 Å². The van der Waals surface area contributed by atoms with Gasteiger partial charge in [0.1, 0.15) is 5.83 Å². The SMILES string of the molecule is C#Cc1cccc(C2=C(F)CC(C(CC(C)=P)C(C=C)c3ccc(C4CC4)cc3)=C2)c1. The van der Waals surface area contributed by atoms with Crippen LogP contribution in [0.25, 0.3) is 5.57 Å². The fraction of sp³-hybridized carbons (Fsp3) is 0.276. The molecule has 0 bridgehead atoms. The maximum atomic E-state index is 15.1. The summed E-state index contributed by atoms with van der Waals surface area (Å²) in [5, 5.41) is 1.15. The molecular weight excluding hydrogens is 398 g/mol. The highest BCUT2D eigenvalue weighted by molar-refractivity contribution is 7.20. The molecule has 2 aromatic rings. The van der Waals surface area contributed by atoms with Crippen LogP contribution in [0.4, 0.5) is 4.39 Å². The zero-order valence-electron chi connectivity index (χ0n) is 18.0. The molecule has 2 aromatic carbocycles. The Morgan fingerprint density at radius 1 is 1.26 bits per heavy atom. The summed E-state index contributed by atoms with van der Waals surface area (Å²) < 4.78 is 15.1. The third-order valence-corrected chi connectivity index (χ3v) is 6.59. The maximum absolute atomic E-state index is 15.1. The van der Waals surface area contributed by atoms with Crippen molar-refractivity contribution < 1.29 is 4.39 Å². The van der Waals surface area contributed by atoms with Crippen molar-refractivity contribution in [2.24, 2.45) is 5.92 Å². The van der Waals surface area contributed by atoms with Gasteiger partial charge in [-0.1, -0.05) is 65.3 Å². The summed E-state index contributed by atoms with van der Waals surface area (Å²) in [6.45, 7) is 6.21. The van der Waals surface area contributed by atoms with Gasteiger partial charge < -0.3 is 0 Å². The molecule has 0 saturated heterocycles. The minimum absolute atomic E-state index is 0.0901. The van der Waals surface area contributed by atoms with Gasteiger partial charge in [0.25, 0.3) is 0 Å². The van der Waals surface area contributed by atoms with Crippen molar-refractivity contribution >= 4 is 19.7 Å². The molecular formula is C29H28FP. The van der Waals surface area contributed by atoms with E-state index in [1.807, 2.05) is 36.4 Å². The van der Waals surface area contributed by atoms with Gasteiger partial charge in [-0.05, 0) is 66.8 Å². The standard InChI is InChI=1S/C29H28FP/c1-4-20-7-6-8-24(16-20)28-17-25(18-29(28)30)27(15-19(3)31)26(5-2)23-13-11-22(12-14-23)21-9-10-21/h1,5-8,11-14,16-17,21,26-27,31H,2,9-10,15,18H2,3H3. The smallest absolute Gasteiger partial charge is 0.112 e. The summed E-state index contributed by atoms with van der Waals surface area (Å²) in [5.41, 5.74) is 6.02. The Morgan fingerprint density at radius 3 is 2.61 bits per heavy atom. The van der Waals surface area contributed by atoms with E-state index in [9.17, 15) is 0 Å². The third kappa shape index (κ3) is 4.81. The van der Waals surface area contributed by atoms with E-state index in [1.54, 1.807) is 0 Å². The maximum Gasteiger partial charge on any atom is 0.112 e. The van der Waals surface area contributed by atoms with E-state index >= 15 is 4.39 Å². The van der Waals surface area contributed by atoms with Gasteiger partial charge >= 0.3 is 0 Å². The second kappa shape index (κ2) is 9.21. The predicted octanol–water partition coefficient (Wildman–Crippen LogP) is 7.87. The predicted molar refractivity (Wildman–Crippen MR) is 134 cm³/mol. The Hall–Kier alpha value is -2.68. The van der Waals surface area contributed by atoms with E-state index in [-0.39, 0.29) is 17.7 Å². The molecule has 0 radical (unpaired) electrons. The first kappa shape index (κ1) is 21.5. The van der Waals surface area contributed by atoms with Crippen LogP contribution in [-0.4, -0.2) is 5.29 Å². The first-order valence-electron chi connectivity index (χ1n) is 10.9. The fourth-order valence-corrected chi connectivity index (χ4v) is 4.82. The summed E-state index contributed by atoms with van der Waals surface area (Å²) in [6, 6.07) is 16.5. The molecule has 2 aliphatic rings. The molecule has 2 aliphatic carbocycles. The summed E-state index contributed by atoms with van der Waals surface area (Å²) >= 11 is 0. The Labute approximate surface area is 187 Å². The Balaban J connectivity index is 1.66. The van der Waals surface area contributed by atoms with Crippen LogP contribution in [0.3, 0.4) is 0 Å². The summed E-state index contributed by atoms with van der Waals surface area (Å²) in [6.07, 6.45) is 13.3. The zero-order chi connectivity index (χ0) is 22.0. The molecule has 0 N–H and O–H groups in total. The van der Waals surface area contributed by atoms with Gasteiger partial charge in [-0.25, -0.2) is 4.39 Å². The average molecular weight is 427 g/mol. The number of hydrogen-bond acceptors (Lipinski definition) is 0. The number of halogens is 1. The monoisotopic (exact) mass is 426 g/mol. The van der Waals surface area contributed by atoms with Crippen molar-refractivity contribution in [2.75, 3.05) is 0 Å². The summed E-state index contributed by atoms with van der Waals surface area (Å²) in [4.78, 5) is 0. The lowest BCUT2D eigenvalue weighted by molar-refractivity contribution is 0.539. The minimum Gasteiger partial charge on any atom is -0.211 e. The van der Waals surface area contributed by atoms with Crippen LogP contribution in [-0.2, 0) is 0 Å². The Bertz CT molecular complexity index is 1110. The van der Waals surface area contributed by atoms with Crippen molar-refractivity contribution in [3.8, 4) is 12.3 Å². The number of benzene rings is 2. The average Bonchev–Trinajstić information content (AvgIpc) is 3.55. The molecule has 0 aliphatic heterocycles. The molecule has 0 heterocycles. The second-order valence-electron chi connectivity index (χ2n) is 8.73. The van der Waals surface area contributed by atoms with Gasteiger partial charge in [-0.2, -0.15) is 0 Å². The first-order chi connectivity index (χ1) is 15.0. The van der Waals surface area contributed by atoms with Crippen molar-refractivity contribution in [3.05, 3.63) is 101 Å².